The average molecular weight is 195 g/mol. The van der Waals surface area contributed by atoms with Gasteiger partial charge in [0.2, 0.25) is 0 Å². The molecule has 0 aromatic heterocycles. The summed E-state index contributed by atoms with van der Waals surface area (Å²) in [4.78, 5) is 37.9. The van der Waals surface area contributed by atoms with Gasteiger partial charge in [-0.15, -0.1) is 5.06 Å². The summed E-state index contributed by atoms with van der Waals surface area (Å²) < 4.78 is 0. The number of imide groups is 1. The Balaban J connectivity index is 2.65. The molecule has 6 heteroatoms. The van der Waals surface area contributed by atoms with E-state index in [1.165, 1.54) is 13.8 Å². The van der Waals surface area contributed by atoms with Crippen LogP contribution >= 0.6 is 0 Å². The first-order valence-electron chi connectivity index (χ1n) is 4.19. The van der Waals surface area contributed by atoms with E-state index in [1.807, 2.05) is 0 Å². The van der Waals surface area contributed by atoms with Crippen LogP contribution in [0.25, 0.3) is 0 Å². The van der Waals surface area contributed by atoms with E-state index in [2.05, 4.69) is 4.84 Å². The topological polar surface area (TPSA) is 63.7 Å². The molecule has 0 unspecified atom stereocenters. The third-order valence-electron chi connectivity index (χ3n) is 1.71. The number of nitrogens with zero attached hydrogens (tertiary/aromatic N) is 1. The van der Waals surface area contributed by atoms with Crippen molar-refractivity contribution in [2.75, 3.05) is 0 Å². The first-order chi connectivity index (χ1) is 6.32. The monoisotopic (exact) mass is 195 g/mol. The Labute approximate surface area is 82.8 Å². The van der Waals surface area contributed by atoms with E-state index in [0.717, 1.165) is 0 Å². The van der Waals surface area contributed by atoms with Gasteiger partial charge in [-0.25, -0.2) is 4.79 Å². The molecular formula is C8H10BNO4. The second kappa shape index (κ2) is 3.44. The normalized spacial score (nSPS) is 17.4. The molecule has 0 aromatic carbocycles. The van der Waals surface area contributed by atoms with Crippen LogP contribution in [-0.2, 0) is 19.2 Å². The molecule has 14 heavy (non-hydrogen) atoms. The summed E-state index contributed by atoms with van der Waals surface area (Å²) >= 11 is 0. The predicted octanol–water partition coefficient (Wildman–Crippen LogP) is -0.0394. The molecule has 0 spiro atoms. The molecule has 0 N–H and O–H groups in total. The largest absolute Gasteiger partial charge is 0.331 e. The molecule has 0 atom stereocenters. The number of hydroxylamine groups is 2. The maximum absolute atomic E-state index is 11.2. The number of carbonyl (C=O) groups is 3. The zero-order chi connectivity index (χ0) is 10.9. The molecule has 0 aliphatic carbocycles. The SMILES string of the molecule is [B]C(C)(C)C(=O)ON1C(=O)CCC1=O. The van der Waals surface area contributed by atoms with Gasteiger partial charge in [0.05, 0.1) is 7.85 Å². The molecule has 1 heterocycles. The smallest absolute Gasteiger partial charge is 0.330 e. The van der Waals surface area contributed by atoms with Crippen molar-refractivity contribution < 1.29 is 19.2 Å². The van der Waals surface area contributed by atoms with Crippen LogP contribution in [0, 0.1) is 0 Å². The molecule has 0 aromatic rings. The van der Waals surface area contributed by atoms with Crippen LogP contribution in [0.3, 0.4) is 0 Å². The Morgan fingerprint density at radius 2 is 1.79 bits per heavy atom. The first kappa shape index (κ1) is 10.8. The van der Waals surface area contributed by atoms with E-state index in [0.29, 0.717) is 5.06 Å². The van der Waals surface area contributed by atoms with Crippen molar-refractivity contribution in [3.05, 3.63) is 0 Å². The Morgan fingerprint density at radius 1 is 1.36 bits per heavy atom. The van der Waals surface area contributed by atoms with E-state index in [4.69, 9.17) is 7.85 Å². The van der Waals surface area contributed by atoms with Crippen LogP contribution in [0.5, 0.6) is 0 Å². The fraction of sp³-hybridized carbons (Fsp3) is 0.625. The Kier molecular flexibility index (Phi) is 2.64. The van der Waals surface area contributed by atoms with E-state index in [9.17, 15) is 14.4 Å². The van der Waals surface area contributed by atoms with Crippen molar-refractivity contribution in [2.24, 2.45) is 0 Å². The Bertz CT molecular complexity index is 278. The second-order valence-electron chi connectivity index (χ2n) is 3.68. The highest BCUT2D eigenvalue weighted by molar-refractivity contribution is 6.26. The van der Waals surface area contributed by atoms with Gasteiger partial charge in [-0.05, 0) is 0 Å². The zero-order valence-corrected chi connectivity index (χ0v) is 8.07. The van der Waals surface area contributed by atoms with Crippen LogP contribution in [0.1, 0.15) is 26.7 Å². The molecule has 74 valence electrons. The quantitative estimate of drug-likeness (QED) is 0.458. The number of amides is 2. The van der Waals surface area contributed by atoms with Gasteiger partial charge < -0.3 is 4.84 Å². The summed E-state index contributed by atoms with van der Waals surface area (Å²) in [5.74, 6) is -1.82. The minimum absolute atomic E-state index is 0.0805. The molecule has 1 aliphatic heterocycles. The highest BCUT2D eigenvalue weighted by atomic mass is 16.7. The standard InChI is InChI=1S/C8H10BNO4/c1-8(2,9)7(13)14-10-5(11)3-4-6(10)12/h3-4H2,1-2H3. The molecule has 2 amide bonds. The van der Waals surface area contributed by atoms with Gasteiger partial charge >= 0.3 is 5.97 Å². The number of hydrogen-bond acceptors (Lipinski definition) is 4. The van der Waals surface area contributed by atoms with Gasteiger partial charge in [-0.2, -0.15) is 0 Å². The van der Waals surface area contributed by atoms with Crippen molar-refractivity contribution in [3.63, 3.8) is 0 Å². The summed E-state index contributed by atoms with van der Waals surface area (Å²) in [5.41, 5.74) is 0. The molecule has 5 nitrogen and oxygen atoms in total. The third-order valence-corrected chi connectivity index (χ3v) is 1.71. The minimum Gasteiger partial charge on any atom is -0.331 e. The lowest BCUT2D eigenvalue weighted by molar-refractivity contribution is -0.199. The third kappa shape index (κ3) is 2.13. The number of carbonyl (C=O) groups excluding carboxylic acids is 3. The van der Waals surface area contributed by atoms with Crippen molar-refractivity contribution in [3.8, 4) is 0 Å². The van der Waals surface area contributed by atoms with Crippen molar-refractivity contribution >= 4 is 25.6 Å². The fourth-order valence-electron chi connectivity index (χ4n) is 0.858. The van der Waals surface area contributed by atoms with Crippen molar-refractivity contribution in [1.29, 1.82) is 0 Å². The van der Waals surface area contributed by atoms with E-state index in [1.54, 1.807) is 0 Å². The number of rotatable bonds is 2. The number of hydrogen-bond donors (Lipinski definition) is 0. The molecular weight excluding hydrogens is 185 g/mol. The minimum atomic E-state index is -1.22. The molecule has 1 rings (SSSR count). The zero-order valence-electron chi connectivity index (χ0n) is 8.07. The summed E-state index contributed by atoms with van der Waals surface area (Å²) in [5, 5.41) is -0.736. The van der Waals surface area contributed by atoms with Crippen LogP contribution in [0.15, 0.2) is 0 Å². The van der Waals surface area contributed by atoms with Crippen LogP contribution in [-0.4, -0.2) is 30.7 Å². The van der Waals surface area contributed by atoms with Gasteiger partial charge in [0.25, 0.3) is 11.8 Å². The van der Waals surface area contributed by atoms with Crippen molar-refractivity contribution in [2.45, 2.75) is 32.0 Å². The highest BCUT2D eigenvalue weighted by Gasteiger charge is 2.35. The summed E-state index contributed by atoms with van der Waals surface area (Å²) in [6, 6.07) is 0. The van der Waals surface area contributed by atoms with Crippen LogP contribution in [0.4, 0.5) is 0 Å². The van der Waals surface area contributed by atoms with Crippen molar-refractivity contribution in [1.82, 2.24) is 5.06 Å². The Morgan fingerprint density at radius 3 is 2.14 bits per heavy atom. The fourth-order valence-corrected chi connectivity index (χ4v) is 0.858. The average Bonchev–Trinajstić information content (AvgIpc) is 2.34. The van der Waals surface area contributed by atoms with E-state index in [-0.39, 0.29) is 12.8 Å². The molecule has 1 aliphatic rings. The van der Waals surface area contributed by atoms with Crippen LogP contribution in [0.2, 0.25) is 5.31 Å². The molecule has 1 fully saturated rings. The molecule has 0 saturated carbocycles. The van der Waals surface area contributed by atoms with E-state index >= 15 is 0 Å². The summed E-state index contributed by atoms with van der Waals surface area (Å²) in [6.45, 7) is 2.86. The maximum atomic E-state index is 11.2. The van der Waals surface area contributed by atoms with Gasteiger partial charge in [0, 0.05) is 18.2 Å². The summed E-state index contributed by atoms with van der Waals surface area (Å²) in [7, 11) is 5.42. The van der Waals surface area contributed by atoms with Gasteiger partial charge in [0.1, 0.15) is 0 Å². The maximum Gasteiger partial charge on any atom is 0.330 e. The lowest BCUT2D eigenvalue weighted by Crippen LogP contribution is -2.35. The summed E-state index contributed by atoms with van der Waals surface area (Å²) in [6.07, 6.45) is 0.161. The van der Waals surface area contributed by atoms with Gasteiger partial charge in [-0.1, -0.05) is 13.8 Å². The molecule has 0 bridgehead atoms. The molecule has 2 radical (unpaired) electrons. The predicted molar refractivity (Wildman–Crippen MR) is 47.0 cm³/mol. The van der Waals surface area contributed by atoms with Gasteiger partial charge in [0.15, 0.2) is 0 Å². The first-order valence-corrected chi connectivity index (χ1v) is 4.19. The lowest BCUT2D eigenvalue weighted by Gasteiger charge is -2.20. The lowest BCUT2D eigenvalue weighted by atomic mass is 9.73. The van der Waals surface area contributed by atoms with E-state index < -0.39 is 23.1 Å². The Hall–Kier alpha value is -1.33. The highest BCUT2D eigenvalue weighted by Crippen LogP contribution is 2.22. The van der Waals surface area contributed by atoms with Gasteiger partial charge in [-0.3, -0.25) is 9.59 Å². The van der Waals surface area contributed by atoms with Crippen LogP contribution < -0.4 is 0 Å². The molecule has 1 saturated heterocycles. The second-order valence-corrected chi connectivity index (χ2v) is 3.68.